The number of rotatable bonds is 8. The molecular formula is C19H31N3O3S. The maximum Gasteiger partial charge on any atom is 0.191 e. The lowest BCUT2D eigenvalue weighted by Crippen LogP contribution is -2.40. The van der Waals surface area contributed by atoms with E-state index >= 15 is 0 Å². The molecule has 0 aliphatic carbocycles. The molecule has 0 aromatic heterocycles. The summed E-state index contributed by atoms with van der Waals surface area (Å²) >= 11 is 1.99. The zero-order chi connectivity index (χ0) is 19.0. The minimum atomic E-state index is -0.695. The van der Waals surface area contributed by atoms with Gasteiger partial charge >= 0.3 is 0 Å². The van der Waals surface area contributed by atoms with E-state index in [1.165, 1.54) is 18.6 Å². The molecule has 2 unspecified atom stereocenters. The van der Waals surface area contributed by atoms with Crippen LogP contribution in [0.2, 0.25) is 0 Å². The quantitative estimate of drug-likeness (QED) is 0.475. The first-order valence-corrected chi connectivity index (χ1v) is 10.1. The van der Waals surface area contributed by atoms with Crippen LogP contribution in [-0.4, -0.2) is 55.4 Å². The second-order valence-corrected chi connectivity index (χ2v) is 8.32. The molecule has 26 heavy (non-hydrogen) atoms. The number of ether oxygens (including phenoxy) is 2. The van der Waals surface area contributed by atoms with Crippen LogP contribution in [0, 0.1) is 0 Å². The lowest BCUT2D eigenvalue weighted by Gasteiger charge is -2.21. The van der Waals surface area contributed by atoms with Gasteiger partial charge in [0.1, 0.15) is 11.5 Å². The molecule has 2 rings (SSSR count). The van der Waals surface area contributed by atoms with E-state index in [9.17, 15) is 5.11 Å². The highest BCUT2D eigenvalue weighted by Gasteiger charge is 2.29. The van der Waals surface area contributed by atoms with Crippen LogP contribution in [-0.2, 0) is 0 Å². The van der Waals surface area contributed by atoms with Gasteiger partial charge in [0.2, 0.25) is 0 Å². The molecule has 6 nitrogen and oxygen atoms in total. The predicted octanol–water partition coefficient (Wildman–Crippen LogP) is 2.58. The van der Waals surface area contributed by atoms with Gasteiger partial charge in [0.15, 0.2) is 5.96 Å². The number of guanidine groups is 1. The van der Waals surface area contributed by atoms with Gasteiger partial charge in [0, 0.05) is 23.9 Å². The summed E-state index contributed by atoms with van der Waals surface area (Å²) in [4.78, 5) is 4.71. The van der Waals surface area contributed by atoms with Crippen molar-refractivity contribution in [3.8, 4) is 11.5 Å². The minimum absolute atomic E-state index is 0.223. The molecule has 0 saturated carbocycles. The molecule has 1 aliphatic heterocycles. The fourth-order valence-electron chi connectivity index (χ4n) is 2.88. The molecule has 146 valence electrons. The van der Waals surface area contributed by atoms with Crippen LogP contribution in [0.3, 0.4) is 0 Å². The third-order valence-corrected chi connectivity index (χ3v) is 5.96. The van der Waals surface area contributed by atoms with Crippen molar-refractivity contribution in [2.45, 2.75) is 37.5 Å². The number of benzene rings is 1. The van der Waals surface area contributed by atoms with Crippen LogP contribution in [0.4, 0.5) is 0 Å². The summed E-state index contributed by atoms with van der Waals surface area (Å²) in [5.74, 6) is 3.26. The Kier molecular flexibility index (Phi) is 7.90. The van der Waals surface area contributed by atoms with Crippen molar-refractivity contribution in [3.05, 3.63) is 23.8 Å². The average Bonchev–Trinajstić information content (AvgIpc) is 3.10. The highest BCUT2D eigenvalue weighted by molar-refractivity contribution is 8.00. The van der Waals surface area contributed by atoms with E-state index in [0.717, 1.165) is 24.6 Å². The standard InChI is InChI=1S/C19H31N3O3S/c1-5-20-18(22-13-19(2)7-6-8-26-19)21-12-17(23)14-9-15(24-3)11-16(10-14)25-4/h9-11,17,23H,5-8,12-13H2,1-4H3,(H2,20,21,22). The number of hydrogen-bond donors (Lipinski definition) is 3. The molecule has 7 heteroatoms. The maximum atomic E-state index is 10.5. The fourth-order valence-corrected chi connectivity index (χ4v) is 4.11. The number of methoxy groups -OCH3 is 2. The zero-order valence-corrected chi connectivity index (χ0v) is 17.0. The van der Waals surface area contributed by atoms with Gasteiger partial charge in [-0.2, -0.15) is 11.8 Å². The van der Waals surface area contributed by atoms with Gasteiger partial charge in [-0.3, -0.25) is 4.99 Å². The smallest absolute Gasteiger partial charge is 0.191 e. The van der Waals surface area contributed by atoms with E-state index in [1.54, 1.807) is 20.3 Å². The molecule has 1 aromatic carbocycles. The molecule has 1 aliphatic rings. The molecule has 1 heterocycles. The second-order valence-electron chi connectivity index (χ2n) is 6.64. The fraction of sp³-hybridized carbons (Fsp3) is 0.632. The second kappa shape index (κ2) is 9.92. The lowest BCUT2D eigenvalue weighted by atomic mass is 10.1. The zero-order valence-electron chi connectivity index (χ0n) is 16.2. The first-order valence-electron chi connectivity index (χ1n) is 9.07. The third-order valence-electron chi connectivity index (χ3n) is 4.44. The molecule has 1 fully saturated rings. The van der Waals surface area contributed by atoms with E-state index in [0.29, 0.717) is 18.0 Å². The molecular weight excluding hydrogens is 350 g/mol. The number of aliphatic hydroxyl groups is 1. The van der Waals surface area contributed by atoms with Gasteiger partial charge in [-0.25, -0.2) is 0 Å². The Bertz CT molecular complexity index is 581. The normalized spacial score (nSPS) is 21.3. The van der Waals surface area contributed by atoms with Gasteiger partial charge < -0.3 is 25.2 Å². The van der Waals surface area contributed by atoms with Crippen molar-refractivity contribution < 1.29 is 14.6 Å². The van der Waals surface area contributed by atoms with Gasteiger partial charge in [0.05, 0.1) is 26.9 Å². The number of hydrogen-bond acceptors (Lipinski definition) is 5. The molecule has 3 N–H and O–H groups in total. The van der Waals surface area contributed by atoms with Gasteiger partial charge in [-0.15, -0.1) is 0 Å². The van der Waals surface area contributed by atoms with Gasteiger partial charge in [-0.1, -0.05) is 0 Å². The van der Waals surface area contributed by atoms with Crippen molar-refractivity contribution >= 4 is 17.7 Å². The number of aliphatic imine (C=N–C) groups is 1. The molecule has 0 amide bonds. The predicted molar refractivity (Wildman–Crippen MR) is 109 cm³/mol. The maximum absolute atomic E-state index is 10.5. The van der Waals surface area contributed by atoms with Crippen LogP contribution in [0.15, 0.2) is 23.2 Å². The van der Waals surface area contributed by atoms with E-state index < -0.39 is 6.10 Å². The van der Waals surface area contributed by atoms with Crippen LogP contribution in [0.5, 0.6) is 11.5 Å². The Morgan fingerprint density at radius 1 is 1.27 bits per heavy atom. The Hall–Kier alpha value is -1.60. The summed E-state index contributed by atoms with van der Waals surface area (Å²) in [6.45, 7) is 6.21. The van der Waals surface area contributed by atoms with Crippen LogP contribution in [0.1, 0.15) is 38.4 Å². The first-order chi connectivity index (χ1) is 12.5. The Morgan fingerprint density at radius 3 is 2.50 bits per heavy atom. The Balaban J connectivity index is 1.99. The first kappa shape index (κ1) is 20.7. The van der Waals surface area contributed by atoms with Crippen molar-refractivity contribution in [2.24, 2.45) is 4.99 Å². The van der Waals surface area contributed by atoms with E-state index in [1.807, 2.05) is 30.8 Å². The van der Waals surface area contributed by atoms with Crippen molar-refractivity contribution in [3.63, 3.8) is 0 Å². The number of nitrogens with one attached hydrogen (secondary N) is 2. The van der Waals surface area contributed by atoms with Gasteiger partial charge in [0.25, 0.3) is 0 Å². The van der Waals surface area contributed by atoms with Crippen LogP contribution in [0.25, 0.3) is 0 Å². The van der Waals surface area contributed by atoms with Crippen LogP contribution < -0.4 is 20.1 Å². The monoisotopic (exact) mass is 381 g/mol. The van der Waals surface area contributed by atoms with Crippen molar-refractivity contribution in [2.75, 3.05) is 39.6 Å². The van der Waals surface area contributed by atoms with E-state index in [2.05, 4.69) is 17.6 Å². The summed E-state index contributed by atoms with van der Waals surface area (Å²) < 4.78 is 10.8. The molecule has 1 aromatic rings. The summed E-state index contributed by atoms with van der Waals surface area (Å²) in [6.07, 6.45) is 1.77. The minimum Gasteiger partial charge on any atom is -0.497 e. The topological polar surface area (TPSA) is 75.1 Å². The summed E-state index contributed by atoms with van der Waals surface area (Å²) in [6, 6.07) is 5.42. The highest BCUT2D eigenvalue weighted by atomic mass is 32.2. The van der Waals surface area contributed by atoms with Gasteiger partial charge in [-0.05, 0) is 50.1 Å². The molecule has 2 atom stereocenters. The molecule has 0 spiro atoms. The average molecular weight is 382 g/mol. The third kappa shape index (κ3) is 5.99. The van der Waals surface area contributed by atoms with Crippen molar-refractivity contribution in [1.29, 1.82) is 0 Å². The summed E-state index contributed by atoms with van der Waals surface area (Å²) in [5.41, 5.74) is 0.739. The SMILES string of the molecule is CCNC(=NCC1(C)CCCS1)NCC(O)c1cc(OC)cc(OC)c1. The molecule has 1 saturated heterocycles. The highest BCUT2D eigenvalue weighted by Crippen LogP contribution is 2.37. The Morgan fingerprint density at radius 2 is 1.96 bits per heavy atom. The van der Waals surface area contributed by atoms with E-state index in [4.69, 9.17) is 14.5 Å². The molecule has 0 radical (unpaired) electrons. The van der Waals surface area contributed by atoms with E-state index in [-0.39, 0.29) is 4.75 Å². The van der Waals surface area contributed by atoms with Crippen LogP contribution >= 0.6 is 11.8 Å². The number of thioether (sulfide) groups is 1. The summed E-state index contributed by atoms with van der Waals surface area (Å²) in [7, 11) is 3.20. The number of aliphatic hydroxyl groups excluding tert-OH is 1. The van der Waals surface area contributed by atoms with Crippen molar-refractivity contribution in [1.82, 2.24) is 10.6 Å². The largest absolute Gasteiger partial charge is 0.497 e. The lowest BCUT2D eigenvalue weighted by molar-refractivity contribution is 0.180. The number of nitrogens with zero attached hydrogens (tertiary/aromatic N) is 1. The molecule has 0 bridgehead atoms. The summed E-state index contributed by atoms with van der Waals surface area (Å²) in [5, 5.41) is 17.0. The Labute approximate surface area is 160 Å².